The zero-order valence-electron chi connectivity index (χ0n) is 14.5. The maximum Gasteiger partial charge on any atom is 0.236 e. The lowest BCUT2D eigenvalue weighted by Crippen LogP contribution is -2.46. The lowest BCUT2D eigenvalue weighted by atomic mass is 9.92. The van der Waals surface area contributed by atoms with E-state index >= 15 is 0 Å². The van der Waals surface area contributed by atoms with Gasteiger partial charge in [0.15, 0.2) is 0 Å². The summed E-state index contributed by atoms with van der Waals surface area (Å²) in [5.41, 5.74) is 0. The third-order valence-corrected chi connectivity index (χ3v) is 5.36. The number of rotatable bonds is 6. The molecule has 1 fully saturated rings. The van der Waals surface area contributed by atoms with Crippen molar-refractivity contribution in [1.29, 1.82) is 0 Å². The van der Waals surface area contributed by atoms with Gasteiger partial charge in [-0.05, 0) is 41.8 Å². The molecule has 0 bridgehead atoms. The standard InChI is InChI=1S/C19H26N2O2S/c1-15-9-16(2)11-21(10-15)19(22)14-20(12-17-5-3-7-23-17)13-18-6-4-8-24-18/h3-8,15-16H,9-14H2,1-2H3. The molecule has 0 aliphatic carbocycles. The molecule has 3 heterocycles. The van der Waals surface area contributed by atoms with Crippen molar-refractivity contribution in [3.63, 3.8) is 0 Å². The van der Waals surface area contributed by atoms with Crippen molar-refractivity contribution in [2.24, 2.45) is 11.8 Å². The van der Waals surface area contributed by atoms with Crippen LogP contribution in [0.2, 0.25) is 0 Å². The molecule has 0 N–H and O–H groups in total. The van der Waals surface area contributed by atoms with Gasteiger partial charge in [-0.25, -0.2) is 0 Å². The number of piperidine rings is 1. The van der Waals surface area contributed by atoms with Crippen molar-refractivity contribution in [2.45, 2.75) is 33.4 Å². The summed E-state index contributed by atoms with van der Waals surface area (Å²) < 4.78 is 5.48. The molecule has 2 aromatic heterocycles. The van der Waals surface area contributed by atoms with Crippen LogP contribution >= 0.6 is 11.3 Å². The summed E-state index contributed by atoms with van der Waals surface area (Å²) in [5.74, 6) is 2.32. The normalized spacial score (nSPS) is 21.4. The predicted octanol–water partition coefficient (Wildman–Crippen LogP) is 3.85. The molecule has 1 amide bonds. The van der Waals surface area contributed by atoms with Gasteiger partial charge in [0.05, 0.1) is 19.4 Å². The van der Waals surface area contributed by atoms with Crippen LogP contribution in [0, 0.1) is 11.8 Å². The van der Waals surface area contributed by atoms with Gasteiger partial charge in [-0.3, -0.25) is 9.69 Å². The zero-order valence-corrected chi connectivity index (χ0v) is 15.3. The SMILES string of the molecule is CC1CC(C)CN(C(=O)CN(Cc2ccco2)Cc2cccs2)C1. The molecule has 0 saturated carbocycles. The fourth-order valence-corrected chi connectivity index (χ4v) is 4.32. The Labute approximate surface area is 148 Å². The number of amides is 1. The summed E-state index contributed by atoms with van der Waals surface area (Å²) in [5, 5.41) is 2.08. The molecule has 130 valence electrons. The average Bonchev–Trinajstić information content (AvgIpc) is 3.20. The molecule has 2 unspecified atom stereocenters. The topological polar surface area (TPSA) is 36.7 Å². The lowest BCUT2D eigenvalue weighted by Gasteiger charge is -2.36. The summed E-state index contributed by atoms with van der Waals surface area (Å²) in [4.78, 5) is 18.3. The van der Waals surface area contributed by atoms with Crippen LogP contribution in [0.4, 0.5) is 0 Å². The molecule has 3 rings (SSSR count). The van der Waals surface area contributed by atoms with E-state index in [9.17, 15) is 4.79 Å². The van der Waals surface area contributed by atoms with Gasteiger partial charge in [0, 0.05) is 24.5 Å². The largest absolute Gasteiger partial charge is 0.468 e. The molecule has 1 aliphatic heterocycles. The second-order valence-electron chi connectivity index (χ2n) is 7.05. The van der Waals surface area contributed by atoms with Crippen molar-refractivity contribution in [1.82, 2.24) is 9.80 Å². The maximum absolute atomic E-state index is 12.8. The first kappa shape index (κ1) is 17.2. The highest BCUT2D eigenvalue weighted by Crippen LogP contribution is 2.22. The molecule has 2 atom stereocenters. The third kappa shape index (κ3) is 4.71. The van der Waals surface area contributed by atoms with Crippen LogP contribution in [0.1, 0.15) is 30.9 Å². The molecule has 5 heteroatoms. The number of furan rings is 1. The highest BCUT2D eigenvalue weighted by Gasteiger charge is 2.26. The molecular formula is C19H26N2O2S. The van der Waals surface area contributed by atoms with E-state index in [1.54, 1.807) is 17.6 Å². The van der Waals surface area contributed by atoms with Gasteiger partial charge in [-0.2, -0.15) is 0 Å². The molecule has 2 aromatic rings. The van der Waals surface area contributed by atoms with Gasteiger partial charge < -0.3 is 9.32 Å². The third-order valence-electron chi connectivity index (χ3n) is 4.50. The van der Waals surface area contributed by atoms with E-state index in [1.165, 1.54) is 11.3 Å². The summed E-state index contributed by atoms with van der Waals surface area (Å²) in [7, 11) is 0. The summed E-state index contributed by atoms with van der Waals surface area (Å²) in [6, 6.07) is 8.04. The first-order valence-corrected chi connectivity index (χ1v) is 9.53. The van der Waals surface area contributed by atoms with Crippen molar-refractivity contribution in [3.8, 4) is 0 Å². The number of thiophene rings is 1. The van der Waals surface area contributed by atoms with Crippen LogP contribution in [-0.2, 0) is 17.9 Å². The Bertz CT molecular complexity index is 578. The van der Waals surface area contributed by atoms with Gasteiger partial charge in [-0.15, -0.1) is 11.3 Å². The van der Waals surface area contributed by atoms with Crippen LogP contribution in [0.3, 0.4) is 0 Å². The van der Waals surface area contributed by atoms with Gasteiger partial charge in [0.25, 0.3) is 0 Å². The Morgan fingerprint density at radius 2 is 2.04 bits per heavy atom. The van der Waals surface area contributed by atoms with Crippen LogP contribution in [0.25, 0.3) is 0 Å². The molecule has 0 spiro atoms. The van der Waals surface area contributed by atoms with E-state index in [0.29, 0.717) is 24.9 Å². The number of hydrogen-bond acceptors (Lipinski definition) is 4. The first-order chi connectivity index (χ1) is 11.6. The Hall–Kier alpha value is -1.59. The number of carbonyl (C=O) groups is 1. The van der Waals surface area contributed by atoms with Crippen LogP contribution in [-0.4, -0.2) is 35.3 Å². The number of carbonyl (C=O) groups excluding carboxylic acids is 1. The minimum absolute atomic E-state index is 0.233. The molecule has 1 saturated heterocycles. The van der Waals surface area contributed by atoms with Gasteiger partial charge in [0.1, 0.15) is 5.76 Å². The maximum atomic E-state index is 12.8. The van der Waals surface area contributed by atoms with Crippen molar-refractivity contribution < 1.29 is 9.21 Å². The van der Waals surface area contributed by atoms with E-state index < -0.39 is 0 Å². The van der Waals surface area contributed by atoms with E-state index in [4.69, 9.17) is 4.42 Å². The molecule has 0 aromatic carbocycles. The quantitative estimate of drug-likeness (QED) is 0.797. The highest BCUT2D eigenvalue weighted by atomic mass is 32.1. The minimum atomic E-state index is 0.233. The minimum Gasteiger partial charge on any atom is -0.468 e. The van der Waals surface area contributed by atoms with Gasteiger partial charge in [0.2, 0.25) is 5.91 Å². The van der Waals surface area contributed by atoms with Crippen molar-refractivity contribution >= 4 is 17.2 Å². The van der Waals surface area contributed by atoms with Gasteiger partial charge >= 0.3 is 0 Å². The van der Waals surface area contributed by atoms with Gasteiger partial charge in [-0.1, -0.05) is 19.9 Å². The average molecular weight is 346 g/mol. The Morgan fingerprint density at radius 3 is 2.67 bits per heavy atom. The van der Waals surface area contributed by atoms with Crippen LogP contribution in [0.15, 0.2) is 40.3 Å². The Balaban J connectivity index is 1.64. The number of likely N-dealkylation sites (tertiary alicyclic amines) is 1. The van der Waals surface area contributed by atoms with Crippen molar-refractivity contribution in [3.05, 3.63) is 46.5 Å². The smallest absolute Gasteiger partial charge is 0.236 e. The fourth-order valence-electron chi connectivity index (χ4n) is 3.57. The summed E-state index contributed by atoms with van der Waals surface area (Å²) in [6.45, 7) is 8.13. The number of hydrogen-bond donors (Lipinski definition) is 0. The monoisotopic (exact) mass is 346 g/mol. The fraction of sp³-hybridized carbons (Fsp3) is 0.526. The molecule has 0 radical (unpaired) electrons. The lowest BCUT2D eigenvalue weighted by molar-refractivity contribution is -0.135. The number of nitrogens with zero attached hydrogens (tertiary/aromatic N) is 2. The van der Waals surface area contributed by atoms with E-state index in [0.717, 1.165) is 25.4 Å². The molecule has 24 heavy (non-hydrogen) atoms. The molecular weight excluding hydrogens is 320 g/mol. The highest BCUT2D eigenvalue weighted by molar-refractivity contribution is 7.09. The van der Waals surface area contributed by atoms with Crippen LogP contribution in [0.5, 0.6) is 0 Å². The second kappa shape index (κ2) is 7.99. The van der Waals surface area contributed by atoms with Crippen LogP contribution < -0.4 is 0 Å². The van der Waals surface area contributed by atoms with E-state index in [-0.39, 0.29) is 5.91 Å². The second-order valence-corrected chi connectivity index (χ2v) is 8.08. The van der Waals surface area contributed by atoms with Crippen molar-refractivity contribution in [2.75, 3.05) is 19.6 Å². The zero-order chi connectivity index (χ0) is 16.9. The Kier molecular flexibility index (Phi) is 5.74. The predicted molar refractivity (Wildman–Crippen MR) is 96.7 cm³/mol. The van der Waals surface area contributed by atoms with E-state index in [2.05, 4.69) is 36.3 Å². The summed E-state index contributed by atoms with van der Waals surface area (Å²) >= 11 is 1.73. The molecule has 4 nitrogen and oxygen atoms in total. The van der Waals surface area contributed by atoms with E-state index in [1.807, 2.05) is 17.0 Å². The summed E-state index contributed by atoms with van der Waals surface area (Å²) in [6.07, 6.45) is 2.91. The Morgan fingerprint density at radius 1 is 1.25 bits per heavy atom. The molecule has 1 aliphatic rings. The first-order valence-electron chi connectivity index (χ1n) is 8.65.